The first-order valence-corrected chi connectivity index (χ1v) is 7.39. The third-order valence-electron chi connectivity index (χ3n) is 2.84. The Hall–Kier alpha value is -1.04. The van der Waals surface area contributed by atoms with E-state index in [0.29, 0.717) is 17.5 Å². The second-order valence-electron chi connectivity index (χ2n) is 4.44. The number of hydrogen-bond acceptors (Lipinski definition) is 5. The molecule has 0 aliphatic rings. The zero-order chi connectivity index (χ0) is 13.8. The number of aromatic nitrogens is 2. The summed E-state index contributed by atoms with van der Waals surface area (Å²) in [5.74, 6) is 2.02. The average molecular weight is 298 g/mol. The Balaban J connectivity index is 1.95. The molecule has 2 rings (SSSR count). The molecule has 6 heteroatoms. The molecule has 0 bridgehead atoms. The summed E-state index contributed by atoms with van der Waals surface area (Å²) in [7, 11) is 0. The van der Waals surface area contributed by atoms with Gasteiger partial charge >= 0.3 is 0 Å². The number of nitrogens with two attached hydrogens (primary N) is 1. The minimum absolute atomic E-state index is 0.00258. The fourth-order valence-corrected chi connectivity index (χ4v) is 2.28. The lowest BCUT2D eigenvalue weighted by Crippen LogP contribution is -2.22. The molecule has 1 aromatic heterocycles. The van der Waals surface area contributed by atoms with Crippen LogP contribution in [-0.2, 0) is 5.75 Å². The van der Waals surface area contributed by atoms with Crippen LogP contribution in [0.15, 0.2) is 33.7 Å². The van der Waals surface area contributed by atoms with Gasteiger partial charge in [-0.1, -0.05) is 23.7 Å². The molecule has 2 aromatic rings. The number of halogens is 1. The summed E-state index contributed by atoms with van der Waals surface area (Å²) >= 11 is 7.48. The van der Waals surface area contributed by atoms with Crippen LogP contribution in [0.4, 0.5) is 0 Å². The van der Waals surface area contributed by atoms with Crippen molar-refractivity contribution in [2.75, 3.05) is 0 Å². The van der Waals surface area contributed by atoms with Gasteiger partial charge in [0.2, 0.25) is 5.89 Å². The summed E-state index contributed by atoms with van der Waals surface area (Å²) < 4.78 is 5.22. The molecular formula is C13H16ClN3OS. The molecule has 0 fully saturated rings. The molecule has 0 aliphatic carbocycles. The molecule has 1 heterocycles. The molecule has 0 aliphatic heterocycles. The van der Waals surface area contributed by atoms with E-state index in [4.69, 9.17) is 21.9 Å². The highest BCUT2D eigenvalue weighted by atomic mass is 35.5. The summed E-state index contributed by atoms with van der Waals surface area (Å²) in [6.45, 7) is 3.91. The maximum absolute atomic E-state index is 5.84. The Morgan fingerprint density at radius 2 is 2.00 bits per heavy atom. The lowest BCUT2D eigenvalue weighted by Gasteiger charge is -2.09. The molecule has 0 saturated heterocycles. The van der Waals surface area contributed by atoms with Crippen LogP contribution < -0.4 is 5.73 Å². The van der Waals surface area contributed by atoms with Crippen molar-refractivity contribution >= 4 is 23.4 Å². The van der Waals surface area contributed by atoms with Crippen molar-refractivity contribution in [2.24, 2.45) is 5.73 Å². The standard InChI is InChI=1S/C13H16ClN3OS/c1-8(9(2)15)13-16-12(17-18-13)7-19-11-5-3-10(14)4-6-11/h3-6,8-9H,7,15H2,1-2H3. The quantitative estimate of drug-likeness (QED) is 0.856. The van der Waals surface area contributed by atoms with E-state index >= 15 is 0 Å². The Morgan fingerprint density at radius 3 is 2.63 bits per heavy atom. The molecule has 2 N–H and O–H groups in total. The van der Waals surface area contributed by atoms with Crippen LogP contribution in [0.5, 0.6) is 0 Å². The lowest BCUT2D eigenvalue weighted by atomic mass is 10.1. The van der Waals surface area contributed by atoms with Crippen LogP contribution in [0, 0.1) is 0 Å². The van der Waals surface area contributed by atoms with Gasteiger partial charge in [-0.2, -0.15) is 4.98 Å². The fourth-order valence-electron chi connectivity index (χ4n) is 1.41. The largest absolute Gasteiger partial charge is 0.339 e. The van der Waals surface area contributed by atoms with E-state index < -0.39 is 0 Å². The van der Waals surface area contributed by atoms with E-state index in [2.05, 4.69) is 10.1 Å². The van der Waals surface area contributed by atoms with E-state index in [0.717, 1.165) is 9.92 Å². The minimum atomic E-state index is -0.00258. The summed E-state index contributed by atoms with van der Waals surface area (Å²) in [4.78, 5) is 5.48. The molecule has 1 aromatic carbocycles. The van der Waals surface area contributed by atoms with Gasteiger partial charge in [0.25, 0.3) is 0 Å². The Labute approximate surface area is 121 Å². The van der Waals surface area contributed by atoms with Crippen molar-refractivity contribution < 1.29 is 4.52 Å². The number of nitrogens with zero attached hydrogens (tertiary/aromatic N) is 2. The fraction of sp³-hybridized carbons (Fsp3) is 0.385. The third-order valence-corrected chi connectivity index (χ3v) is 4.10. The van der Waals surface area contributed by atoms with Gasteiger partial charge in [-0.25, -0.2) is 0 Å². The minimum Gasteiger partial charge on any atom is -0.339 e. The van der Waals surface area contributed by atoms with Crippen LogP contribution in [0.1, 0.15) is 31.5 Å². The smallest absolute Gasteiger partial charge is 0.231 e. The van der Waals surface area contributed by atoms with Crippen molar-refractivity contribution in [3.8, 4) is 0 Å². The average Bonchev–Trinajstić information content (AvgIpc) is 2.86. The van der Waals surface area contributed by atoms with Crippen LogP contribution in [0.25, 0.3) is 0 Å². The van der Waals surface area contributed by atoms with Gasteiger partial charge < -0.3 is 10.3 Å². The van der Waals surface area contributed by atoms with Gasteiger partial charge in [0.1, 0.15) is 0 Å². The van der Waals surface area contributed by atoms with Crippen molar-refractivity contribution in [1.82, 2.24) is 10.1 Å². The van der Waals surface area contributed by atoms with Gasteiger partial charge in [0.05, 0.1) is 11.7 Å². The van der Waals surface area contributed by atoms with E-state index in [-0.39, 0.29) is 12.0 Å². The highest BCUT2D eigenvalue weighted by molar-refractivity contribution is 7.98. The van der Waals surface area contributed by atoms with Gasteiger partial charge in [0.15, 0.2) is 5.82 Å². The third kappa shape index (κ3) is 3.96. The highest BCUT2D eigenvalue weighted by Crippen LogP contribution is 2.24. The SMILES string of the molecule is CC(N)C(C)c1nc(CSc2ccc(Cl)cc2)no1. The number of rotatable bonds is 5. The van der Waals surface area contributed by atoms with Crippen molar-refractivity contribution in [1.29, 1.82) is 0 Å². The number of benzene rings is 1. The summed E-state index contributed by atoms with van der Waals surface area (Å²) in [6, 6.07) is 7.67. The second kappa shape index (κ2) is 6.41. The normalized spacial score (nSPS) is 14.3. The first-order chi connectivity index (χ1) is 9.06. The maximum atomic E-state index is 5.84. The summed E-state index contributed by atoms with van der Waals surface area (Å²) in [5.41, 5.74) is 5.81. The molecule has 0 saturated carbocycles. The van der Waals surface area contributed by atoms with Gasteiger partial charge in [-0.15, -0.1) is 11.8 Å². The first-order valence-electron chi connectivity index (χ1n) is 6.02. The van der Waals surface area contributed by atoms with Gasteiger partial charge in [-0.3, -0.25) is 0 Å². The Morgan fingerprint density at radius 1 is 1.32 bits per heavy atom. The number of hydrogen-bond donors (Lipinski definition) is 1. The molecule has 2 unspecified atom stereocenters. The van der Waals surface area contributed by atoms with Crippen LogP contribution >= 0.6 is 23.4 Å². The highest BCUT2D eigenvalue weighted by Gasteiger charge is 2.17. The topological polar surface area (TPSA) is 64.9 Å². The monoisotopic (exact) mass is 297 g/mol. The van der Waals surface area contributed by atoms with Crippen molar-refractivity contribution in [3.63, 3.8) is 0 Å². The van der Waals surface area contributed by atoms with Crippen LogP contribution in [0.3, 0.4) is 0 Å². The lowest BCUT2D eigenvalue weighted by molar-refractivity contribution is 0.344. The second-order valence-corrected chi connectivity index (χ2v) is 5.92. The van der Waals surface area contributed by atoms with Crippen LogP contribution in [-0.4, -0.2) is 16.2 Å². The van der Waals surface area contributed by atoms with Gasteiger partial charge in [0, 0.05) is 16.0 Å². The summed E-state index contributed by atoms with van der Waals surface area (Å²) in [6.07, 6.45) is 0. The molecule has 2 atom stereocenters. The molecule has 0 radical (unpaired) electrons. The molecule has 0 amide bonds. The predicted molar refractivity (Wildman–Crippen MR) is 77.4 cm³/mol. The van der Waals surface area contributed by atoms with Crippen molar-refractivity contribution in [2.45, 2.75) is 36.5 Å². The Bertz CT molecular complexity index is 527. The predicted octanol–water partition coefficient (Wildman–Crippen LogP) is 3.47. The molecule has 102 valence electrons. The molecule has 19 heavy (non-hydrogen) atoms. The van der Waals surface area contributed by atoms with E-state index in [1.54, 1.807) is 11.8 Å². The first kappa shape index (κ1) is 14.4. The number of thioether (sulfide) groups is 1. The summed E-state index contributed by atoms with van der Waals surface area (Å²) in [5, 5.41) is 4.70. The molecule has 0 spiro atoms. The van der Waals surface area contributed by atoms with E-state index in [1.165, 1.54) is 0 Å². The maximum Gasteiger partial charge on any atom is 0.231 e. The molecule has 4 nitrogen and oxygen atoms in total. The van der Waals surface area contributed by atoms with E-state index in [1.807, 2.05) is 38.1 Å². The zero-order valence-corrected chi connectivity index (χ0v) is 12.4. The van der Waals surface area contributed by atoms with E-state index in [9.17, 15) is 0 Å². The zero-order valence-electron chi connectivity index (χ0n) is 10.8. The molecular weight excluding hydrogens is 282 g/mol. The van der Waals surface area contributed by atoms with Gasteiger partial charge in [-0.05, 0) is 31.2 Å². The Kier molecular flexibility index (Phi) is 4.85. The van der Waals surface area contributed by atoms with Crippen molar-refractivity contribution in [3.05, 3.63) is 41.0 Å². The van der Waals surface area contributed by atoms with Crippen LogP contribution in [0.2, 0.25) is 5.02 Å².